The normalized spacial score (nSPS) is 10.7. The lowest BCUT2D eigenvalue weighted by molar-refractivity contribution is 0.938. The fraction of sp³-hybridized carbons (Fsp3) is 0.167. The van der Waals surface area contributed by atoms with Crippen LogP contribution in [0.3, 0.4) is 0 Å². The molecule has 1 heterocycles. The Morgan fingerprint density at radius 2 is 1.72 bits per heavy atom. The van der Waals surface area contributed by atoms with Crippen molar-refractivity contribution in [2.45, 2.75) is 23.8 Å². The van der Waals surface area contributed by atoms with Crippen molar-refractivity contribution >= 4 is 46.6 Å². The standard InChI is InChI=1S/C12H9Cl3N2S/c1-6-11(15)16-7(2)17-12(6)18-8-3-4-9(13)10(14)5-8/h3-5H,1-2H3. The summed E-state index contributed by atoms with van der Waals surface area (Å²) in [7, 11) is 0. The second kappa shape index (κ2) is 5.66. The smallest absolute Gasteiger partial charge is 0.136 e. The Hall–Kier alpha value is -0.480. The summed E-state index contributed by atoms with van der Waals surface area (Å²) in [4.78, 5) is 9.43. The SMILES string of the molecule is Cc1nc(Cl)c(C)c(Sc2ccc(Cl)c(Cl)c2)n1. The fourth-order valence-electron chi connectivity index (χ4n) is 1.32. The highest BCUT2D eigenvalue weighted by atomic mass is 35.5. The highest BCUT2D eigenvalue weighted by molar-refractivity contribution is 7.99. The van der Waals surface area contributed by atoms with E-state index in [2.05, 4.69) is 9.97 Å². The zero-order valence-corrected chi connectivity index (χ0v) is 12.8. The van der Waals surface area contributed by atoms with Gasteiger partial charge in [-0.2, -0.15) is 0 Å². The lowest BCUT2D eigenvalue weighted by atomic mass is 10.4. The van der Waals surface area contributed by atoms with E-state index < -0.39 is 0 Å². The largest absolute Gasteiger partial charge is 0.226 e. The number of rotatable bonds is 2. The van der Waals surface area contributed by atoms with Crippen molar-refractivity contribution in [1.29, 1.82) is 0 Å². The molecule has 2 rings (SSSR count). The molecule has 0 radical (unpaired) electrons. The highest BCUT2D eigenvalue weighted by Gasteiger charge is 2.10. The lowest BCUT2D eigenvalue weighted by Gasteiger charge is -2.07. The summed E-state index contributed by atoms with van der Waals surface area (Å²) in [5, 5.41) is 2.36. The van der Waals surface area contributed by atoms with E-state index in [0.717, 1.165) is 15.5 Å². The molecule has 6 heteroatoms. The third kappa shape index (κ3) is 3.09. The number of aryl methyl sites for hydroxylation is 1. The van der Waals surface area contributed by atoms with Gasteiger partial charge >= 0.3 is 0 Å². The summed E-state index contributed by atoms with van der Waals surface area (Å²) in [5.74, 6) is 0.646. The lowest BCUT2D eigenvalue weighted by Crippen LogP contribution is -1.95. The maximum absolute atomic E-state index is 6.03. The Kier molecular flexibility index (Phi) is 4.38. The molecule has 2 nitrogen and oxygen atoms in total. The van der Waals surface area contributed by atoms with Crippen molar-refractivity contribution in [2.24, 2.45) is 0 Å². The molecule has 1 aromatic heterocycles. The molecule has 94 valence electrons. The van der Waals surface area contributed by atoms with Gasteiger partial charge in [-0.15, -0.1) is 0 Å². The van der Waals surface area contributed by atoms with Crippen molar-refractivity contribution in [1.82, 2.24) is 9.97 Å². The number of nitrogens with zero attached hydrogens (tertiary/aromatic N) is 2. The second-order valence-electron chi connectivity index (χ2n) is 3.67. The molecule has 1 aromatic carbocycles. The fourth-order valence-corrected chi connectivity index (χ4v) is 2.92. The summed E-state index contributed by atoms with van der Waals surface area (Å²) in [6.45, 7) is 3.70. The molecule has 18 heavy (non-hydrogen) atoms. The minimum atomic E-state index is 0.477. The minimum Gasteiger partial charge on any atom is -0.226 e. The van der Waals surface area contributed by atoms with Crippen molar-refractivity contribution in [3.05, 3.63) is 44.8 Å². The van der Waals surface area contributed by atoms with Crippen LogP contribution in [0.15, 0.2) is 28.1 Å². The Bertz CT molecular complexity index is 602. The number of hydrogen-bond acceptors (Lipinski definition) is 3. The third-order valence-corrected chi connectivity index (χ3v) is 4.45. The molecule has 0 N–H and O–H groups in total. The predicted octanol–water partition coefficient (Wildman–Crippen LogP) is 5.20. The third-order valence-electron chi connectivity index (χ3n) is 2.26. The molecule has 0 aliphatic heterocycles. The van der Waals surface area contributed by atoms with E-state index in [1.165, 1.54) is 11.8 Å². The van der Waals surface area contributed by atoms with E-state index in [4.69, 9.17) is 34.8 Å². The molecule has 0 saturated carbocycles. The summed E-state index contributed by atoms with van der Waals surface area (Å²) in [5.41, 5.74) is 0.860. The van der Waals surface area contributed by atoms with Crippen LogP contribution in [-0.2, 0) is 0 Å². The molecular weight excluding hydrogens is 311 g/mol. The maximum atomic E-state index is 6.03. The molecule has 0 bridgehead atoms. The topological polar surface area (TPSA) is 25.8 Å². The van der Waals surface area contributed by atoms with Gasteiger partial charge in [0.05, 0.1) is 10.0 Å². The Balaban J connectivity index is 2.36. The van der Waals surface area contributed by atoms with Crippen LogP contribution < -0.4 is 0 Å². The molecule has 0 saturated heterocycles. The molecule has 0 unspecified atom stereocenters. The van der Waals surface area contributed by atoms with Gasteiger partial charge in [-0.05, 0) is 32.0 Å². The summed E-state index contributed by atoms with van der Waals surface area (Å²) in [6.07, 6.45) is 0. The van der Waals surface area contributed by atoms with Crippen molar-refractivity contribution in [2.75, 3.05) is 0 Å². The number of halogens is 3. The first-order valence-corrected chi connectivity index (χ1v) is 7.06. The van der Waals surface area contributed by atoms with Gasteiger partial charge in [0.15, 0.2) is 0 Å². The Labute approximate surface area is 125 Å². The molecule has 0 aliphatic rings. The summed E-state index contributed by atoms with van der Waals surface area (Å²) >= 11 is 19.4. The van der Waals surface area contributed by atoms with Crippen LogP contribution >= 0.6 is 46.6 Å². The van der Waals surface area contributed by atoms with E-state index in [0.29, 0.717) is 21.0 Å². The van der Waals surface area contributed by atoms with Gasteiger partial charge in [-0.3, -0.25) is 0 Å². The van der Waals surface area contributed by atoms with Gasteiger partial charge in [0.25, 0.3) is 0 Å². The molecule has 0 spiro atoms. The average molecular weight is 320 g/mol. The van der Waals surface area contributed by atoms with Gasteiger partial charge in [-0.1, -0.05) is 46.6 Å². The first kappa shape index (κ1) is 13.9. The summed E-state index contributed by atoms with van der Waals surface area (Å²) < 4.78 is 0. The first-order valence-electron chi connectivity index (χ1n) is 5.11. The van der Waals surface area contributed by atoms with Crippen LogP contribution in [0.4, 0.5) is 0 Å². The van der Waals surface area contributed by atoms with Crippen LogP contribution in [-0.4, -0.2) is 9.97 Å². The highest BCUT2D eigenvalue weighted by Crippen LogP contribution is 2.34. The number of hydrogen-bond donors (Lipinski definition) is 0. The molecule has 2 aromatic rings. The van der Waals surface area contributed by atoms with Crippen LogP contribution in [0.5, 0.6) is 0 Å². The zero-order chi connectivity index (χ0) is 13.3. The quantitative estimate of drug-likeness (QED) is 0.711. The van der Waals surface area contributed by atoms with Crippen LogP contribution in [0.2, 0.25) is 15.2 Å². The zero-order valence-electron chi connectivity index (χ0n) is 9.67. The van der Waals surface area contributed by atoms with Gasteiger partial charge in [0, 0.05) is 10.5 Å². The van der Waals surface area contributed by atoms with Crippen LogP contribution in [0.25, 0.3) is 0 Å². The molecule has 0 amide bonds. The van der Waals surface area contributed by atoms with Gasteiger partial charge in [0.1, 0.15) is 16.0 Å². The molecular formula is C12H9Cl3N2S. The monoisotopic (exact) mass is 318 g/mol. The second-order valence-corrected chi connectivity index (χ2v) is 5.90. The molecule has 0 aliphatic carbocycles. The van der Waals surface area contributed by atoms with Gasteiger partial charge in [-0.25, -0.2) is 9.97 Å². The van der Waals surface area contributed by atoms with E-state index in [-0.39, 0.29) is 0 Å². The maximum Gasteiger partial charge on any atom is 0.136 e. The predicted molar refractivity (Wildman–Crippen MR) is 77.1 cm³/mol. The first-order chi connectivity index (χ1) is 8.47. The van der Waals surface area contributed by atoms with E-state index in [9.17, 15) is 0 Å². The minimum absolute atomic E-state index is 0.477. The van der Waals surface area contributed by atoms with E-state index >= 15 is 0 Å². The molecule has 0 fully saturated rings. The van der Waals surface area contributed by atoms with E-state index in [1.807, 2.05) is 19.9 Å². The van der Waals surface area contributed by atoms with Crippen LogP contribution in [0, 0.1) is 13.8 Å². The van der Waals surface area contributed by atoms with Crippen molar-refractivity contribution < 1.29 is 0 Å². The molecule has 0 atom stereocenters. The Morgan fingerprint density at radius 3 is 2.39 bits per heavy atom. The van der Waals surface area contributed by atoms with Crippen molar-refractivity contribution in [3.8, 4) is 0 Å². The average Bonchev–Trinajstić information content (AvgIpc) is 2.30. The van der Waals surface area contributed by atoms with Gasteiger partial charge in [0.2, 0.25) is 0 Å². The number of benzene rings is 1. The van der Waals surface area contributed by atoms with E-state index in [1.54, 1.807) is 12.1 Å². The number of aromatic nitrogens is 2. The Morgan fingerprint density at radius 1 is 1.00 bits per heavy atom. The van der Waals surface area contributed by atoms with Gasteiger partial charge < -0.3 is 0 Å². The van der Waals surface area contributed by atoms with Crippen molar-refractivity contribution in [3.63, 3.8) is 0 Å². The summed E-state index contributed by atoms with van der Waals surface area (Å²) in [6, 6.07) is 5.46. The van der Waals surface area contributed by atoms with Crippen LogP contribution in [0.1, 0.15) is 11.4 Å².